The Morgan fingerprint density at radius 2 is 1.81 bits per heavy atom. The number of aliphatic hydroxyl groups excluding tert-OH is 1. The summed E-state index contributed by atoms with van der Waals surface area (Å²) >= 11 is 3.41. The Morgan fingerprint density at radius 1 is 1.10 bits per heavy atom. The van der Waals surface area contributed by atoms with Crippen molar-refractivity contribution in [3.8, 4) is 11.5 Å². The molecule has 1 aliphatic rings. The normalized spacial score (nSPS) is 14.9. The minimum atomic E-state index is -0.925. The van der Waals surface area contributed by atoms with Crippen molar-refractivity contribution in [3.63, 3.8) is 0 Å². The highest BCUT2D eigenvalue weighted by atomic mass is 79.9. The van der Waals surface area contributed by atoms with Crippen LogP contribution >= 0.6 is 15.9 Å². The van der Waals surface area contributed by atoms with E-state index in [4.69, 9.17) is 9.47 Å². The lowest BCUT2D eigenvalue weighted by atomic mass is 9.99. The molecule has 21 heavy (non-hydrogen) atoms. The molecular weight excluding hydrogens is 339 g/mol. The molecule has 0 aromatic heterocycles. The van der Waals surface area contributed by atoms with Gasteiger partial charge in [-0.3, -0.25) is 0 Å². The predicted molar refractivity (Wildman–Crippen MR) is 80.3 cm³/mol. The number of benzene rings is 2. The number of aryl methyl sites for hydroxylation is 1. The van der Waals surface area contributed by atoms with Crippen LogP contribution in [0.4, 0.5) is 4.39 Å². The van der Waals surface area contributed by atoms with Crippen LogP contribution in [0, 0.1) is 12.7 Å². The molecule has 1 N–H and O–H groups in total. The summed E-state index contributed by atoms with van der Waals surface area (Å²) in [4.78, 5) is 0. The zero-order chi connectivity index (χ0) is 15.0. The van der Waals surface area contributed by atoms with E-state index >= 15 is 0 Å². The fourth-order valence-electron chi connectivity index (χ4n) is 2.40. The molecule has 0 spiro atoms. The second-order valence-electron chi connectivity index (χ2n) is 4.99. The lowest BCUT2D eigenvalue weighted by Gasteiger charge is -2.22. The summed E-state index contributed by atoms with van der Waals surface area (Å²) in [5.74, 6) is 0.853. The molecule has 0 radical (unpaired) electrons. The van der Waals surface area contributed by atoms with E-state index in [0.717, 1.165) is 5.56 Å². The highest BCUT2D eigenvalue weighted by Crippen LogP contribution is 2.40. The van der Waals surface area contributed by atoms with Gasteiger partial charge in [0.15, 0.2) is 11.5 Å². The lowest BCUT2D eigenvalue weighted by Crippen LogP contribution is -2.16. The van der Waals surface area contributed by atoms with Crippen LogP contribution in [0.5, 0.6) is 11.5 Å². The van der Waals surface area contributed by atoms with Gasteiger partial charge in [0, 0.05) is 0 Å². The third-order valence-electron chi connectivity index (χ3n) is 3.32. The van der Waals surface area contributed by atoms with Crippen molar-refractivity contribution in [2.24, 2.45) is 0 Å². The first-order valence-electron chi connectivity index (χ1n) is 6.59. The van der Waals surface area contributed by atoms with E-state index in [9.17, 15) is 9.50 Å². The summed E-state index contributed by atoms with van der Waals surface area (Å²) < 4.78 is 25.3. The van der Waals surface area contributed by atoms with Gasteiger partial charge in [-0.25, -0.2) is 4.39 Å². The Balaban J connectivity index is 2.01. The summed E-state index contributed by atoms with van der Waals surface area (Å²) in [6.45, 7) is 2.76. The molecular formula is C16H14BrFO3. The Morgan fingerprint density at radius 3 is 2.57 bits per heavy atom. The van der Waals surface area contributed by atoms with E-state index in [2.05, 4.69) is 15.9 Å². The van der Waals surface area contributed by atoms with Crippen molar-refractivity contribution in [1.29, 1.82) is 0 Å². The molecule has 1 atom stereocenters. The Kier molecular flexibility index (Phi) is 3.87. The van der Waals surface area contributed by atoms with Crippen molar-refractivity contribution >= 4 is 15.9 Å². The smallest absolute Gasteiger partial charge is 0.175 e. The molecule has 0 aliphatic carbocycles. The summed E-state index contributed by atoms with van der Waals surface area (Å²) in [7, 11) is 0. The first-order valence-corrected chi connectivity index (χ1v) is 7.38. The number of fused-ring (bicyclic) bond motifs is 1. The highest BCUT2D eigenvalue weighted by molar-refractivity contribution is 9.10. The third kappa shape index (κ3) is 2.89. The molecule has 3 rings (SSSR count). The molecule has 5 heteroatoms. The van der Waals surface area contributed by atoms with Gasteiger partial charge in [-0.05, 0) is 63.8 Å². The Hall–Kier alpha value is -1.59. The molecule has 3 nitrogen and oxygen atoms in total. The van der Waals surface area contributed by atoms with Crippen LogP contribution in [0.15, 0.2) is 34.8 Å². The average molecular weight is 353 g/mol. The maximum absolute atomic E-state index is 13.5. The zero-order valence-electron chi connectivity index (χ0n) is 11.4. The zero-order valence-corrected chi connectivity index (χ0v) is 13.0. The molecule has 1 unspecified atom stereocenters. The quantitative estimate of drug-likeness (QED) is 0.894. The van der Waals surface area contributed by atoms with Gasteiger partial charge in [0.05, 0.1) is 4.47 Å². The van der Waals surface area contributed by atoms with E-state index in [-0.39, 0.29) is 5.82 Å². The predicted octanol–water partition coefficient (Wildman–Crippen LogP) is 3.75. The molecule has 0 fully saturated rings. The van der Waals surface area contributed by atoms with Gasteiger partial charge in [-0.2, -0.15) is 0 Å². The number of halogens is 2. The maximum atomic E-state index is 13.5. The van der Waals surface area contributed by atoms with Crippen LogP contribution in [-0.4, -0.2) is 18.3 Å². The monoisotopic (exact) mass is 352 g/mol. The van der Waals surface area contributed by atoms with Gasteiger partial charge >= 0.3 is 0 Å². The largest absolute Gasteiger partial charge is 0.486 e. The van der Waals surface area contributed by atoms with Crippen LogP contribution in [0.2, 0.25) is 0 Å². The van der Waals surface area contributed by atoms with Gasteiger partial charge in [0.1, 0.15) is 25.1 Å². The number of hydrogen-bond acceptors (Lipinski definition) is 3. The van der Waals surface area contributed by atoms with Gasteiger partial charge in [0.25, 0.3) is 0 Å². The van der Waals surface area contributed by atoms with Crippen LogP contribution in [0.3, 0.4) is 0 Å². The molecule has 0 amide bonds. The summed E-state index contributed by atoms with van der Waals surface area (Å²) in [6.07, 6.45) is -0.925. The molecule has 0 saturated heterocycles. The summed E-state index contributed by atoms with van der Waals surface area (Å²) in [5.41, 5.74) is 1.90. The van der Waals surface area contributed by atoms with Crippen LogP contribution in [-0.2, 0) is 0 Å². The fourth-order valence-corrected chi connectivity index (χ4v) is 2.98. The molecule has 1 heterocycles. The fraction of sp³-hybridized carbons (Fsp3) is 0.250. The second kappa shape index (κ2) is 5.66. The molecule has 1 aliphatic heterocycles. The van der Waals surface area contributed by atoms with E-state index < -0.39 is 6.10 Å². The SMILES string of the molecule is Cc1cc(F)cc(C(O)c2cc(Br)c3c(c2)OCCO3)c1. The molecule has 0 saturated carbocycles. The standard InChI is InChI=1S/C16H14BrFO3/c1-9-4-10(6-12(18)5-9)15(19)11-7-13(17)16-14(8-11)20-2-3-21-16/h4-8,15,19H,2-3H2,1H3. The van der Waals surface area contributed by atoms with E-state index in [1.807, 2.05) is 0 Å². The number of hydrogen-bond donors (Lipinski definition) is 1. The van der Waals surface area contributed by atoms with E-state index in [1.54, 1.807) is 25.1 Å². The highest BCUT2D eigenvalue weighted by Gasteiger charge is 2.20. The second-order valence-corrected chi connectivity index (χ2v) is 5.85. The Bertz CT molecular complexity index is 667. The van der Waals surface area contributed by atoms with Crippen molar-refractivity contribution in [2.75, 3.05) is 13.2 Å². The van der Waals surface area contributed by atoms with Crippen molar-refractivity contribution in [2.45, 2.75) is 13.0 Å². The molecule has 2 aromatic rings. The lowest BCUT2D eigenvalue weighted by molar-refractivity contribution is 0.168. The minimum absolute atomic E-state index is 0.361. The first kappa shape index (κ1) is 14.4. The van der Waals surface area contributed by atoms with E-state index in [0.29, 0.717) is 40.3 Å². The Labute approximate surface area is 130 Å². The first-order chi connectivity index (χ1) is 10.0. The van der Waals surface area contributed by atoms with Crippen LogP contribution < -0.4 is 9.47 Å². The summed E-state index contributed by atoms with van der Waals surface area (Å²) in [6, 6.07) is 8.01. The van der Waals surface area contributed by atoms with Crippen LogP contribution in [0.25, 0.3) is 0 Å². The van der Waals surface area contributed by atoms with Gasteiger partial charge < -0.3 is 14.6 Å². The molecule has 2 aromatic carbocycles. The molecule has 0 bridgehead atoms. The topological polar surface area (TPSA) is 38.7 Å². The molecule has 110 valence electrons. The van der Waals surface area contributed by atoms with Gasteiger partial charge in [-0.1, -0.05) is 6.07 Å². The van der Waals surface area contributed by atoms with Crippen molar-refractivity contribution in [1.82, 2.24) is 0 Å². The maximum Gasteiger partial charge on any atom is 0.175 e. The number of aliphatic hydroxyl groups is 1. The van der Waals surface area contributed by atoms with E-state index in [1.165, 1.54) is 12.1 Å². The average Bonchev–Trinajstić information content (AvgIpc) is 2.45. The van der Waals surface area contributed by atoms with Crippen molar-refractivity contribution in [3.05, 3.63) is 57.3 Å². The van der Waals surface area contributed by atoms with Gasteiger partial charge in [0.2, 0.25) is 0 Å². The van der Waals surface area contributed by atoms with Crippen LogP contribution in [0.1, 0.15) is 22.8 Å². The summed E-state index contributed by atoms with van der Waals surface area (Å²) in [5, 5.41) is 10.5. The number of ether oxygens (including phenoxy) is 2. The third-order valence-corrected chi connectivity index (χ3v) is 3.90. The minimum Gasteiger partial charge on any atom is -0.486 e. The van der Waals surface area contributed by atoms with Gasteiger partial charge in [-0.15, -0.1) is 0 Å². The number of rotatable bonds is 2. The van der Waals surface area contributed by atoms with Crippen molar-refractivity contribution < 1.29 is 19.0 Å².